The summed E-state index contributed by atoms with van der Waals surface area (Å²) in [5.41, 5.74) is 2.21. The molecule has 1 saturated heterocycles. The van der Waals surface area contributed by atoms with E-state index in [1.807, 2.05) is 12.1 Å². The number of sulfone groups is 1. The van der Waals surface area contributed by atoms with Crippen molar-refractivity contribution in [3.8, 4) is 5.75 Å². The highest BCUT2D eigenvalue weighted by molar-refractivity contribution is 7.91. The van der Waals surface area contributed by atoms with Crippen LogP contribution >= 0.6 is 0 Å². The quantitative estimate of drug-likeness (QED) is 0.897. The SMILES string of the molecule is COc1cccc(S(=O)(=O)c2ccc3c(c2)[C@H]2CCN(C)CC[C@H]2N3)c1. The largest absolute Gasteiger partial charge is 0.497 e. The van der Waals surface area contributed by atoms with Gasteiger partial charge in [0.25, 0.3) is 0 Å². The van der Waals surface area contributed by atoms with Gasteiger partial charge in [0.05, 0.1) is 16.9 Å². The number of rotatable bonds is 3. The molecule has 0 spiro atoms. The number of fused-ring (bicyclic) bond motifs is 3. The molecule has 2 heterocycles. The number of benzene rings is 2. The summed E-state index contributed by atoms with van der Waals surface area (Å²) in [5, 5.41) is 3.59. The van der Waals surface area contributed by atoms with E-state index in [-0.39, 0.29) is 4.90 Å². The van der Waals surface area contributed by atoms with E-state index in [4.69, 9.17) is 4.74 Å². The highest BCUT2D eigenvalue weighted by Crippen LogP contribution is 2.42. The molecule has 2 aromatic carbocycles. The summed E-state index contributed by atoms with van der Waals surface area (Å²) in [6.07, 6.45) is 2.12. The smallest absolute Gasteiger partial charge is 0.206 e. The van der Waals surface area contributed by atoms with Crippen molar-refractivity contribution in [2.24, 2.45) is 0 Å². The number of ether oxygens (including phenoxy) is 1. The van der Waals surface area contributed by atoms with Crippen molar-refractivity contribution in [1.82, 2.24) is 4.90 Å². The predicted octanol–water partition coefficient (Wildman–Crippen LogP) is 3.13. The van der Waals surface area contributed by atoms with Gasteiger partial charge < -0.3 is 15.0 Å². The molecule has 2 aliphatic heterocycles. The molecule has 0 saturated carbocycles. The van der Waals surface area contributed by atoms with Crippen LogP contribution in [-0.2, 0) is 9.84 Å². The van der Waals surface area contributed by atoms with Gasteiger partial charge in [0.1, 0.15) is 5.75 Å². The molecule has 0 amide bonds. The maximum Gasteiger partial charge on any atom is 0.206 e. The molecular formula is C20H24N2O3S. The Balaban J connectivity index is 1.71. The lowest BCUT2D eigenvalue weighted by molar-refractivity contribution is 0.346. The van der Waals surface area contributed by atoms with Crippen molar-refractivity contribution in [3.05, 3.63) is 48.0 Å². The van der Waals surface area contributed by atoms with Gasteiger partial charge in [-0.25, -0.2) is 8.42 Å². The second kappa shape index (κ2) is 6.59. The molecule has 26 heavy (non-hydrogen) atoms. The van der Waals surface area contributed by atoms with E-state index in [0.717, 1.165) is 37.2 Å². The third-order valence-corrected chi connectivity index (χ3v) is 7.30. The number of anilines is 1. The summed E-state index contributed by atoms with van der Waals surface area (Å²) in [4.78, 5) is 2.96. The molecule has 6 heteroatoms. The van der Waals surface area contributed by atoms with Crippen LogP contribution in [0.15, 0.2) is 52.3 Å². The Bertz CT molecular complexity index is 926. The zero-order valence-electron chi connectivity index (χ0n) is 15.1. The number of nitrogens with one attached hydrogen (secondary N) is 1. The van der Waals surface area contributed by atoms with Gasteiger partial charge in [0.15, 0.2) is 0 Å². The van der Waals surface area contributed by atoms with Crippen molar-refractivity contribution in [3.63, 3.8) is 0 Å². The summed E-state index contributed by atoms with van der Waals surface area (Å²) in [6, 6.07) is 12.5. The highest BCUT2D eigenvalue weighted by atomic mass is 32.2. The second-order valence-corrected chi connectivity index (χ2v) is 9.12. The van der Waals surface area contributed by atoms with Crippen molar-refractivity contribution in [2.45, 2.75) is 34.6 Å². The van der Waals surface area contributed by atoms with Crippen LogP contribution < -0.4 is 10.1 Å². The number of hydrogen-bond donors (Lipinski definition) is 1. The molecule has 2 aromatic rings. The van der Waals surface area contributed by atoms with E-state index >= 15 is 0 Å². The summed E-state index contributed by atoms with van der Waals surface area (Å²) in [7, 11) is 0.113. The molecule has 0 bridgehead atoms. The van der Waals surface area contributed by atoms with Crippen LogP contribution in [0.4, 0.5) is 5.69 Å². The fourth-order valence-electron chi connectivity index (χ4n) is 4.03. The lowest BCUT2D eigenvalue weighted by Crippen LogP contribution is -2.22. The minimum absolute atomic E-state index is 0.264. The zero-order chi connectivity index (χ0) is 18.3. The maximum atomic E-state index is 13.1. The van der Waals surface area contributed by atoms with Gasteiger partial charge in [-0.15, -0.1) is 0 Å². The Morgan fingerprint density at radius 3 is 2.65 bits per heavy atom. The zero-order valence-corrected chi connectivity index (χ0v) is 15.9. The van der Waals surface area contributed by atoms with Crippen molar-refractivity contribution in [2.75, 3.05) is 32.6 Å². The third-order valence-electron chi connectivity index (χ3n) is 5.55. The lowest BCUT2D eigenvalue weighted by Gasteiger charge is -2.16. The molecule has 1 N–H and O–H groups in total. The number of nitrogens with zero attached hydrogens (tertiary/aromatic N) is 1. The van der Waals surface area contributed by atoms with E-state index < -0.39 is 9.84 Å². The first-order valence-electron chi connectivity index (χ1n) is 8.97. The second-order valence-electron chi connectivity index (χ2n) is 7.17. The monoisotopic (exact) mass is 372 g/mol. The van der Waals surface area contributed by atoms with Gasteiger partial charge in [-0.2, -0.15) is 0 Å². The lowest BCUT2D eigenvalue weighted by atomic mass is 9.91. The predicted molar refractivity (Wildman–Crippen MR) is 102 cm³/mol. The van der Waals surface area contributed by atoms with Crippen LogP contribution in [0.1, 0.15) is 24.3 Å². The Morgan fingerprint density at radius 1 is 1.08 bits per heavy atom. The van der Waals surface area contributed by atoms with Crippen molar-refractivity contribution in [1.29, 1.82) is 0 Å². The molecule has 0 unspecified atom stereocenters. The first-order chi connectivity index (χ1) is 12.5. The van der Waals surface area contributed by atoms with Crippen molar-refractivity contribution < 1.29 is 13.2 Å². The Kier molecular flexibility index (Phi) is 4.40. The van der Waals surface area contributed by atoms with Crippen molar-refractivity contribution >= 4 is 15.5 Å². The number of methoxy groups -OCH3 is 1. The van der Waals surface area contributed by atoms with Crippen LogP contribution in [0.3, 0.4) is 0 Å². The fourth-order valence-corrected chi connectivity index (χ4v) is 5.36. The number of likely N-dealkylation sites (tertiary alicyclic amines) is 1. The summed E-state index contributed by atoms with van der Waals surface area (Å²) >= 11 is 0. The molecule has 1 fully saturated rings. The van der Waals surface area contributed by atoms with Gasteiger partial charge >= 0.3 is 0 Å². The topological polar surface area (TPSA) is 58.6 Å². The standard InChI is InChI=1S/C20H24N2O3S/c1-22-10-8-17-18-13-16(6-7-19(18)21-20(17)9-11-22)26(23,24)15-5-3-4-14(12-15)25-2/h3-7,12-13,17,20-21H,8-11H2,1-2H3/t17-,20-/m1/s1. The van der Waals surface area contributed by atoms with Gasteiger partial charge in [-0.05, 0) is 74.9 Å². The van der Waals surface area contributed by atoms with E-state index in [1.165, 1.54) is 7.11 Å². The Labute approximate surface area is 154 Å². The summed E-state index contributed by atoms with van der Waals surface area (Å²) < 4.78 is 31.4. The normalized spacial score (nSPS) is 22.8. The molecule has 0 radical (unpaired) electrons. The van der Waals surface area contributed by atoms with E-state index in [9.17, 15) is 8.42 Å². The summed E-state index contributed by atoms with van der Waals surface area (Å²) in [6.45, 7) is 2.10. The highest BCUT2D eigenvalue weighted by Gasteiger charge is 2.35. The van der Waals surface area contributed by atoms with E-state index in [0.29, 0.717) is 22.6 Å². The van der Waals surface area contributed by atoms with E-state index in [2.05, 4.69) is 17.3 Å². The average molecular weight is 372 g/mol. The first kappa shape index (κ1) is 17.4. The van der Waals surface area contributed by atoms with Crippen LogP contribution in [0, 0.1) is 0 Å². The van der Waals surface area contributed by atoms with Crippen LogP contribution in [-0.4, -0.2) is 46.6 Å². The molecule has 2 aliphatic rings. The molecular weight excluding hydrogens is 348 g/mol. The first-order valence-corrected chi connectivity index (χ1v) is 10.5. The Hall–Kier alpha value is -2.05. The van der Waals surface area contributed by atoms with Gasteiger partial charge in [0, 0.05) is 17.6 Å². The van der Waals surface area contributed by atoms with E-state index in [1.54, 1.807) is 30.3 Å². The Morgan fingerprint density at radius 2 is 1.85 bits per heavy atom. The third kappa shape index (κ3) is 2.97. The van der Waals surface area contributed by atoms with Crippen LogP contribution in [0.2, 0.25) is 0 Å². The minimum Gasteiger partial charge on any atom is -0.497 e. The minimum atomic E-state index is -3.57. The molecule has 2 atom stereocenters. The van der Waals surface area contributed by atoms with Crippen LogP contribution in [0.5, 0.6) is 5.75 Å². The number of hydrogen-bond acceptors (Lipinski definition) is 5. The van der Waals surface area contributed by atoms with Gasteiger partial charge in [-0.3, -0.25) is 0 Å². The fraction of sp³-hybridized carbons (Fsp3) is 0.400. The van der Waals surface area contributed by atoms with Crippen LogP contribution in [0.25, 0.3) is 0 Å². The maximum absolute atomic E-state index is 13.1. The molecule has 5 nitrogen and oxygen atoms in total. The van der Waals surface area contributed by atoms with Gasteiger partial charge in [-0.1, -0.05) is 6.07 Å². The molecule has 138 valence electrons. The van der Waals surface area contributed by atoms with Gasteiger partial charge in [0.2, 0.25) is 9.84 Å². The average Bonchev–Trinajstić information content (AvgIpc) is 2.90. The molecule has 4 rings (SSSR count). The molecule has 0 aliphatic carbocycles. The molecule has 0 aromatic heterocycles. The summed E-state index contributed by atoms with van der Waals surface area (Å²) in [5.74, 6) is 0.913.